The van der Waals surface area contributed by atoms with Crippen LogP contribution in [0.1, 0.15) is 101 Å². The van der Waals surface area contributed by atoms with Crippen LogP contribution in [-0.2, 0) is 23.9 Å². The van der Waals surface area contributed by atoms with E-state index in [0.717, 1.165) is 0 Å². The third-order valence-electron chi connectivity index (χ3n) is 6.98. The van der Waals surface area contributed by atoms with Crippen molar-refractivity contribution in [2.24, 2.45) is 17.8 Å². The number of ether oxygens (including phenoxy) is 1. The predicted molar refractivity (Wildman–Crippen MR) is 189 cm³/mol. The molecule has 0 saturated heterocycles. The number of hydrogen-bond acceptors (Lipinski definition) is 8. The average molecular weight is 686 g/mol. The zero-order valence-corrected chi connectivity index (χ0v) is 31.3. The van der Waals surface area contributed by atoms with Crippen LogP contribution >= 0.6 is 11.8 Å². The minimum Gasteiger partial charge on any atom is -0.444 e. The maximum Gasteiger partial charge on any atom is 0.408 e. The Labute approximate surface area is 287 Å². The number of aliphatic hydroxyl groups excluding tert-OH is 1. The van der Waals surface area contributed by atoms with Gasteiger partial charge >= 0.3 is 6.09 Å². The number of carbonyl (C=O) groups is 5. The first-order valence-corrected chi connectivity index (χ1v) is 18.1. The second kappa shape index (κ2) is 22.0. The molecule has 47 heavy (non-hydrogen) atoms. The van der Waals surface area contributed by atoms with Crippen molar-refractivity contribution in [1.29, 1.82) is 0 Å². The molecule has 0 aromatic carbocycles. The molecule has 0 aliphatic heterocycles. The Morgan fingerprint density at radius 2 is 1.28 bits per heavy atom. The van der Waals surface area contributed by atoms with E-state index in [2.05, 4.69) is 33.2 Å². The maximum atomic E-state index is 13.6. The first-order chi connectivity index (χ1) is 21.7. The summed E-state index contributed by atoms with van der Waals surface area (Å²) in [4.78, 5) is 65.2. The lowest BCUT2D eigenvalue weighted by Gasteiger charge is -2.30. The summed E-state index contributed by atoms with van der Waals surface area (Å²) < 4.78 is 5.35. The van der Waals surface area contributed by atoms with Crippen LogP contribution in [0.15, 0.2) is 12.7 Å². The number of nitrogens with one attached hydrogen (secondary N) is 5. The minimum absolute atomic E-state index is 0.0359. The molecule has 6 atom stereocenters. The van der Waals surface area contributed by atoms with Gasteiger partial charge in [-0.1, -0.05) is 40.7 Å². The highest BCUT2D eigenvalue weighted by Gasteiger charge is 2.33. The van der Waals surface area contributed by atoms with Crippen molar-refractivity contribution in [1.82, 2.24) is 26.6 Å². The number of alkyl carbamates (subject to hydrolysis) is 1. The van der Waals surface area contributed by atoms with Gasteiger partial charge in [-0.3, -0.25) is 19.2 Å². The largest absolute Gasteiger partial charge is 0.444 e. The molecule has 272 valence electrons. The summed E-state index contributed by atoms with van der Waals surface area (Å²) in [6.45, 7) is 21.9. The Hall–Kier alpha value is -2.80. The number of amides is 5. The van der Waals surface area contributed by atoms with E-state index in [0.29, 0.717) is 25.0 Å². The van der Waals surface area contributed by atoms with E-state index >= 15 is 0 Å². The van der Waals surface area contributed by atoms with E-state index in [-0.39, 0.29) is 36.6 Å². The lowest BCUT2D eigenvalue weighted by atomic mass is 9.92. The molecular weight excluding hydrogens is 622 g/mol. The first kappa shape index (κ1) is 44.2. The Morgan fingerprint density at radius 1 is 0.745 bits per heavy atom. The summed E-state index contributed by atoms with van der Waals surface area (Å²) in [7, 11) is 0. The van der Waals surface area contributed by atoms with E-state index in [1.807, 2.05) is 47.8 Å². The van der Waals surface area contributed by atoms with Gasteiger partial charge in [-0.15, -0.1) is 6.58 Å². The van der Waals surface area contributed by atoms with Crippen molar-refractivity contribution in [3.63, 3.8) is 0 Å². The second-order valence-corrected chi connectivity index (χ2v) is 15.4. The zero-order chi connectivity index (χ0) is 36.5. The average Bonchev–Trinajstić information content (AvgIpc) is 2.91. The number of rotatable bonds is 21. The minimum atomic E-state index is -1.08. The highest BCUT2D eigenvalue weighted by molar-refractivity contribution is 7.98. The Kier molecular flexibility index (Phi) is 20.6. The molecule has 0 rings (SSSR count). The van der Waals surface area contributed by atoms with Gasteiger partial charge in [0, 0.05) is 12.0 Å². The van der Waals surface area contributed by atoms with E-state index < -0.39 is 65.6 Å². The maximum absolute atomic E-state index is 13.6. The van der Waals surface area contributed by atoms with Crippen molar-refractivity contribution < 1.29 is 33.8 Å². The highest BCUT2D eigenvalue weighted by Crippen LogP contribution is 2.17. The van der Waals surface area contributed by atoms with Gasteiger partial charge in [0.1, 0.15) is 23.7 Å². The molecule has 0 aliphatic rings. The molecule has 0 fully saturated rings. The predicted octanol–water partition coefficient (Wildman–Crippen LogP) is 3.67. The van der Waals surface area contributed by atoms with E-state index in [1.54, 1.807) is 33.8 Å². The molecule has 12 nitrogen and oxygen atoms in total. The molecule has 13 heteroatoms. The van der Waals surface area contributed by atoms with Crippen molar-refractivity contribution in [2.75, 3.05) is 12.0 Å². The van der Waals surface area contributed by atoms with Crippen molar-refractivity contribution in [3.05, 3.63) is 12.7 Å². The second-order valence-electron chi connectivity index (χ2n) is 14.4. The molecule has 0 unspecified atom stereocenters. The molecule has 0 aromatic heterocycles. The number of carbonyl (C=O) groups excluding carboxylic acids is 5. The van der Waals surface area contributed by atoms with Crippen LogP contribution in [0.5, 0.6) is 0 Å². The Balaban J connectivity index is 5.81. The standard InChI is InChI=1S/C34H63N5O7S/c1-13-14-24(30(42)35-22(6)7)36-29(41)23(8)19-28(40)26(17-20(2)3)38-31(43)25(15-16-47-12)37-32(44)27(18-21(4)5)39-33(45)46-34(9,10)11/h13,20-28,40H,1,14-19H2,2-12H3,(H,35,42)(H,36,41)(H,37,44)(H,38,43)(H,39,45)/t23-,24+,25+,26+,27+,28+/m1/s1. The molecular formula is C34H63N5O7S. The van der Waals surface area contributed by atoms with Gasteiger partial charge < -0.3 is 36.4 Å². The highest BCUT2D eigenvalue weighted by atomic mass is 32.2. The van der Waals surface area contributed by atoms with Gasteiger partial charge in [0.05, 0.1) is 12.1 Å². The fourth-order valence-electron chi connectivity index (χ4n) is 4.76. The van der Waals surface area contributed by atoms with Crippen molar-refractivity contribution in [3.8, 4) is 0 Å². The third-order valence-corrected chi connectivity index (χ3v) is 7.63. The lowest BCUT2D eigenvalue weighted by molar-refractivity contribution is -0.132. The van der Waals surface area contributed by atoms with Gasteiger partial charge in [-0.05, 0) is 90.6 Å². The molecule has 0 saturated carbocycles. The summed E-state index contributed by atoms with van der Waals surface area (Å²) in [5.41, 5.74) is -0.746. The summed E-state index contributed by atoms with van der Waals surface area (Å²) in [5, 5.41) is 25.2. The van der Waals surface area contributed by atoms with Gasteiger partial charge in [0.25, 0.3) is 0 Å². The van der Waals surface area contributed by atoms with Crippen molar-refractivity contribution >= 4 is 41.5 Å². The van der Waals surface area contributed by atoms with Crippen LogP contribution in [0, 0.1) is 17.8 Å². The summed E-state index contributed by atoms with van der Waals surface area (Å²) in [6, 6.07) is -3.44. The lowest BCUT2D eigenvalue weighted by Crippen LogP contribution is -2.57. The zero-order valence-electron chi connectivity index (χ0n) is 30.5. The Bertz CT molecular complexity index is 1020. The molecule has 0 aromatic rings. The normalized spacial score (nSPS) is 15.6. The molecule has 0 bridgehead atoms. The van der Waals surface area contributed by atoms with E-state index in [4.69, 9.17) is 4.74 Å². The molecule has 5 amide bonds. The first-order valence-electron chi connectivity index (χ1n) is 16.7. The monoisotopic (exact) mass is 685 g/mol. The van der Waals surface area contributed by atoms with Crippen LogP contribution in [0.3, 0.4) is 0 Å². The number of aliphatic hydroxyl groups is 1. The molecule has 0 heterocycles. The third kappa shape index (κ3) is 19.6. The van der Waals surface area contributed by atoms with Crippen LogP contribution in [-0.4, -0.2) is 88.8 Å². The molecule has 0 aliphatic carbocycles. The van der Waals surface area contributed by atoms with Gasteiger partial charge in [0.15, 0.2) is 0 Å². The Morgan fingerprint density at radius 3 is 1.77 bits per heavy atom. The van der Waals surface area contributed by atoms with Crippen molar-refractivity contribution in [2.45, 2.75) is 143 Å². The number of thioether (sulfide) groups is 1. The van der Waals surface area contributed by atoms with Crippen LogP contribution in [0.4, 0.5) is 4.79 Å². The van der Waals surface area contributed by atoms with Gasteiger partial charge in [-0.25, -0.2) is 4.79 Å². The van der Waals surface area contributed by atoms with Gasteiger partial charge in [-0.2, -0.15) is 11.8 Å². The summed E-state index contributed by atoms with van der Waals surface area (Å²) in [5.74, 6) is -1.61. The molecule has 6 N–H and O–H groups in total. The van der Waals surface area contributed by atoms with E-state index in [1.165, 1.54) is 11.8 Å². The van der Waals surface area contributed by atoms with Gasteiger partial charge in [0.2, 0.25) is 23.6 Å². The van der Waals surface area contributed by atoms with Crippen LogP contribution in [0.2, 0.25) is 0 Å². The quantitative estimate of drug-likeness (QED) is 0.0993. The summed E-state index contributed by atoms with van der Waals surface area (Å²) >= 11 is 1.52. The fraction of sp³-hybridized carbons (Fsp3) is 0.794. The van der Waals surface area contributed by atoms with Crippen LogP contribution < -0.4 is 26.6 Å². The topological polar surface area (TPSA) is 175 Å². The summed E-state index contributed by atoms with van der Waals surface area (Å²) in [6.07, 6.45) is 3.03. The van der Waals surface area contributed by atoms with E-state index in [9.17, 15) is 29.1 Å². The fourth-order valence-corrected chi connectivity index (χ4v) is 5.24. The molecule has 0 radical (unpaired) electrons. The smallest absolute Gasteiger partial charge is 0.408 e. The molecule has 0 spiro atoms. The SMILES string of the molecule is C=CC[C@H](NC(=O)[C@H](C)C[C@H](O)[C@H](CC(C)C)NC(=O)[C@H](CCSC)NC(=O)[C@H](CC(C)C)NC(=O)OC(C)(C)C)C(=O)NC(C)C. The van der Waals surface area contributed by atoms with Crippen LogP contribution in [0.25, 0.3) is 0 Å². The number of hydrogen-bond donors (Lipinski definition) is 6.